The molecule has 0 spiro atoms. The Labute approximate surface area is 156 Å². The molecule has 0 bridgehead atoms. The van der Waals surface area contributed by atoms with Crippen LogP contribution in [0.1, 0.15) is 24.9 Å². The van der Waals surface area contributed by atoms with E-state index in [0.29, 0.717) is 17.3 Å². The molecular formula is C19H19ClN2O2S. The Morgan fingerprint density at radius 2 is 2.08 bits per heavy atom. The van der Waals surface area contributed by atoms with Gasteiger partial charge < -0.3 is 10.2 Å². The molecule has 2 aromatic carbocycles. The van der Waals surface area contributed by atoms with Gasteiger partial charge in [-0.25, -0.2) is 0 Å². The van der Waals surface area contributed by atoms with E-state index in [1.54, 1.807) is 11.0 Å². The zero-order chi connectivity index (χ0) is 17.8. The Hall–Kier alpha value is -1.98. The van der Waals surface area contributed by atoms with E-state index in [0.717, 1.165) is 16.1 Å². The molecule has 1 heterocycles. The monoisotopic (exact) mass is 374 g/mol. The first-order valence-corrected chi connectivity index (χ1v) is 9.48. The highest BCUT2D eigenvalue weighted by Crippen LogP contribution is 2.34. The van der Waals surface area contributed by atoms with E-state index in [4.69, 9.17) is 11.6 Å². The number of nitrogens with one attached hydrogen (secondary N) is 1. The Morgan fingerprint density at radius 3 is 2.88 bits per heavy atom. The number of halogens is 1. The average molecular weight is 375 g/mol. The van der Waals surface area contributed by atoms with Crippen LogP contribution < -0.4 is 10.2 Å². The van der Waals surface area contributed by atoms with Crippen molar-refractivity contribution in [1.82, 2.24) is 5.32 Å². The molecule has 1 aliphatic heterocycles. The van der Waals surface area contributed by atoms with E-state index in [-0.39, 0.29) is 24.3 Å². The summed E-state index contributed by atoms with van der Waals surface area (Å²) in [6.45, 7) is 2.30. The maximum Gasteiger partial charge on any atom is 0.237 e. The molecule has 0 saturated carbocycles. The summed E-state index contributed by atoms with van der Waals surface area (Å²) in [5.74, 6) is 0.368. The SMILES string of the molecule is CC(NC(=O)CCN1C(=O)CSc2ccccc21)c1cccc(Cl)c1. The van der Waals surface area contributed by atoms with Crippen LogP contribution in [0.5, 0.6) is 0 Å². The highest BCUT2D eigenvalue weighted by Gasteiger charge is 2.24. The molecule has 0 aromatic heterocycles. The highest BCUT2D eigenvalue weighted by atomic mass is 35.5. The number of thioether (sulfide) groups is 1. The minimum absolute atomic E-state index is 0.0411. The molecule has 0 saturated heterocycles. The van der Waals surface area contributed by atoms with Crippen molar-refractivity contribution in [2.75, 3.05) is 17.2 Å². The molecule has 0 radical (unpaired) electrons. The Kier molecular flexibility index (Phi) is 5.66. The second-order valence-electron chi connectivity index (χ2n) is 5.90. The van der Waals surface area contributed by atoms with Crippen molar-refractivity contribution >= 4 is 40.9 Å². The van der Waals surface area contributed by atoms with Crippen LogP contribution in [0.4, 0.5) is 5.69 Å². The van der Waals surface area contributed by atoms with Gasteiger partial charge in [0.1, 0.15) is 0 Å². The van der Waals surface area contributed by atoms with Crippen LogP contribution in [0.2, 0.25) is 5.02 Å². The number of rotatable bonds is 5. The molecule has 6 heteroatoms. The molecule has 2 amide bonds. The van der Waals surface area contributed by atoms with Gasteiger partial charge in [-0.1, -0.05) is 35.9 Å². The van der Waals surface area contributed by atoms with Crippen LogP contribution >= 0.6 is 23.4 Å². The van der Waals surface area contributed by atoms with E-state index in [9.17, 15) is 9.59 Å². The van der Waals surface area contributed by atoms with Crippen molar-refractivity contribution in [2.24, 2.45) is 0 Å². The van der Waals surface area contributed by atoms with Gasteiger partial charge in [-0.05, 0) is 36.8 Å². The Morgan fingerprint density at radius 1 is 1.28 bits per heavy atom. The number of hydrogen-bond donors (Lipinski definition) is 1. The number of benzene rings is 2. The number of para-hydroxylation sites is 1. The smallest absolute Gasteiger partial charge is 0.237 e. The molecule has 25 heavy (non-hydrogen) atoms. The third-order valence-corrected chi connectivity index (χ3v) is 5.38. The van der Waals surface area contributed by atoms with Crippen molar-refractivity contribution in [3.63, 3.8) is 0 Å². The molecule has 3 rings (SSSR count). The first kappa shape index (κ1) is 17.8. The molecule has 1 aliphatic rings. The molecule has 2 aromatic rings. The van der Waals surface area contributed by atoms with Crippen molar-refractivity contribution in [2.45, 2.75) is 24.3 Å². The lowest BCUT2D eigenvalue weighted by Crippen LogP contribution is -2.38. The van der Waals surface area contributed by atoms with E-state index < -0.39 is 0 Å². The molecule has 0 fully saturated rings. The number of carbonyl (C=O) groups excluding carboxylic acids is 2. The minimum atomic E-state index is -0.133. The second kappa shape index (κ2) is 7.93. The standard InChI is InChI=1S/C19H19ClN2O2S/c1-13(14-5-4-6-15(20)11-14)21-18(23)9-10-22-16-7-2-3-8-17(16)25-12-19(22)24/h2-8,11,13H,9-10,12H2,1H3,(H,21,23). The Bertz CT molecular complexity index is 796. The zero-order valence-corrected chi connectivity index (χ0v) is 15.4. The Balaban J connectivity index is 1.60. The van der Waals surface area contributed by atoms with Crippen molar-refractivity contribution in [3.05, 3.63) is 59.1 Å². The van der Waals surface area contributed by atoms with Crippen molar-refractivity contribution < 1.29 is 9.59 Å². The maximum atomic E-state index is 12.3. The van der Waals surface area contributed by atoms with Crippen LogP contribution in [0.25, 0.3) is 0 Å². The normalized spacial score (nSPS) is 14.8. The number of nitrogens with zero attached hydrogens (tertiary/aromatic N) is 1. The zero-order valence-electron chi connectivity index (χ0n) is 13.9. The van der Waals surface area contributed by atoms with Crippen molar-refractivity contribution in [1.29, 1.82) is 0 Å². The molecule has 0 aliphatic carbocycles. The first-order valence-electron chi connectivity index (χ1n) is 8.11. The molecular weight excluding hydrogens is 356 g/mol. The highest BCUT2D eigenvalue weighted by molar-refractivity contribution is 8.00. The number of fused-ring (bicyclic) bond motifs is 1. The second-order valence-corrected chi connectivity index (χ2v) is 7.35. The average Bonchev–Trinajstić information content (AvgIpc) is 2.61. The van der Waals surface area contributed by atoms with Gasteiger partial charge in [0.2, 0.25) is 11.8 Å². The fraction of sp³-hybridized carbons (Fsp3) is 0.263. The van der Waals surface area contributed by atoms with Crippen LogP contribution in [0.3, 0.4) is 0 Å². The topological polar surface area (TPSA) is 49.4 Å². The summed E-state index contributed by atoms with van der Waals surface area (Å²) in [4.78, 5) is 27.3. The maximum absolute atomic E-state index is 12.3. The summed E-state index contributed by atoms with van der Waals surface area (Å²) in [6, 6.07) is 15.1. The lowest BCUT2D eigenvalue weighted by atomic mass is 10.1. The van der Waals surface area contributed by atoms with Gasteiger partial charge in [0.25, 0.3) is 0 Å². The lowest BCUT2D eigenvalue weighted by Gasteiger charge is -2.28. The quantitative estimate of drug-likeness (QED) is 0.859. The predicted octanol–water partition coefficient (Wildman–Crippen LogP) is 4.05. The van der Waals surface area contributed by atoms with E-state index in [1.165, 1.54) is 11.8 Å². The summed E-state index contributed by atoms with van der Waals surface area (Å²) in [6.07, 6.45) is 0.260. The molecule has 1 unspecified atom stereocenters. The molecule has 4 nitrogen and oxygen atoms in total. The molecule has 130 valence electrons. The number of carbonyl (C=O) groups is 2. The summed E-state index contributed by atoms with van der Waals surface area (Å²) in [5.41, 5.74) is 1.84. The van der Waals surface area contributed by atoms with Crippen LogP contribution in [-0.4, -0.2) is 24.1 Å². The van der Waals surface area contributed by atoms with E-state index >= 15 is 0 Å². The van der Waals surface area contributed by atoms with E-state index in [2.05, 4.69) is 5.32 Å². The van der Waals surface area contributed by atoms with Gasteiger partial charge >= 0.3 is 0 Å². The summed E-state index contributed by atoms with van der Waals surface area (Å²) in [5, 5.41) is 3.61. The molecule has 1 N–H and O–H groups in total. The fourth-order valence-corrected chi connectivity index (χ4v) is 3.92. The van der Waals surface area contributed by atoms with Gasteiger partial charge in [-0.15, -0.1) is 11.8 Å². The predicted molar refractivity (Wildman–Crippen MR) is 102 cm³/mol. The third-order valence-electron chi connectivity index (χ3n) is 4.10. The van der Waals surface area contributed by atoms with Gasteiger partial charge in [0.05, 0.1) is 17.5 Å². The summed E-state index contributed by atoms with van der Waals surface area (Å²) in [7, 11) is 0. The minimum Gasteiger partial charge on any atom is -0.350 e. The van der Waals surface area contributed by atoms with E-state index in [1.807, 2.05) is 49.4 Å². The third kappa shape index (κ3) is 4.35. The van der Waals surface area contributed by atoms with Crippen molar-refractivity contribution in [3.8, 4) is 0 Å². The van der Waals surface area contributed by atoms with Crippen LogP contribution in [0.15, 0.2) is 53.4 Å². The van der Waals surface area contributed by atoms with Gasteiger partial charge in [0, 0.05) is 22.9 Å². The summed E-state index contributed by atoms with van der Waals surface area (Å²) >= 11 is 7.53. The first-order chi connectivity index (χ1) is 12.0. The lowest BCUT2D eigenvalue weighted by molar-refractivity contribution is -0.121. The van der Waals surface area contributed by atoms with Crippen LogP contribution in [0, 0.1) is 0 Å². The number of amides is 2. The largest absolute Gasteiger partial charge is 0.350 e. The molecule has 1 atom stereocenters. The van der Waals surface area contributed by atoms with Gasteiger partial charge in [-0.3, -0.25) is 9.59 Å². The van der Waals surface area contributed by atoms with Gasteiger partial charge in [0.15, 0.2) is 0 Å². The fourth-order valence-electron chi connectivity index (χ4n) is 2.79. The summed E-state index contributed by atoms with van der Waals surface area (Å²) < 4.78 is 0. The van der Waals surface area contributed by atoms with Crippen LogP contribution in [-0.2, 0) is 9.59 Å². The van der Waals surface area contributed by atoms with Gasteiger partial charge in [-0.2, -0.15) is 0 Å². The number of anilines is 1. The number of hydrogen-bond acceptors (Lipinski definition) is 3.